The zero-order chi connectivity index (χ0) is 11.0. The highest BCUT2D eigenvalue weighted by Crippen LogP contribution is 2.22. The minimum Gasteiger partial charge on any atom is -0.382 e. The lowest BCUT2D eigenvalue weighted by Gasteiger charge is -2.02. The van der Waals surface area contributed by atoms with Gasteiger partial charge in [0, 0.05) is 22.4 Å². The molecule has 0 aliphatic rings. The van der Waals surface area contributed by atoms with E-state index in [1.165, 1.54) is 0 Å². The largest absolute Gasteiger partial charge is 0.382 e. The number of pyridine rings is 1. The van der Waals surface area contributed by atoms with Gasteiger partial charge in [-0.25, -0.2) is 9.67 Å². The molecule has 0 unspecified atom stereocenters. The smallest absolute Gasteiger partial charge is 0.172 e. The van der Waals surface area contributed by atoms with Gasteiger partial charge >= 0.3 is 0 Å². The third-order valence-corrected chi connectivity index (χ3v) is 2.65. The van der Waals surface area contributed by atoms with E-state index in [1.807, 2.05) is 6.92 Å². The Hall–Kier alpha value is -1.07. The summed E-state index contributed by atoms with van der Waals surface area (Å²) in [6.07, 6.45) is 3.45. The van der Waals surface area contributed by atoms with Crippen LogP contribution in [0.2, 0.25) is 5.02 Å². The molecule has 6 heteroatoms. The van der Waals surface area contributed by atoms with Crippen LogP contribution in [0.1, 0.15) is 5.56 Å². The average molecular weight is 288 g/mol. The first-order valence-electron chi connectivity index (χ1n) is 4.21. The summed E-state index contributed by atoms with van der Waals surface area (Å²) in [6, 6.07) is 1.76. The van der Waals surface area contributed by atoms with E-state index in [0.717, 1.165) is 10.0 Å². The van der Waals surface area contributed by atoms with Crippen molar-refractivity contribution in [3.8, 4) is 5.82 Å². The quantitative estimate of drug-likeness (QED) is 0.877. The van der Waals surface area contributed by atoms with Crippen molar-refractivity contribution in [3.05, 3.63) is 33.5 Å². The molecule has 2 N–H and O–H groups in total. The van der Waals surface area contributed by atoms with Gasteiger partial charge in [-0.15, -0.1) is 5.10 Å². The van der Waals surface area contributed by atoms with E-state index >= 15 is 0 Å². The van der Waals surface area contributed by atoms with Crippen molar-refractivity contribution in [2.75, 3.05) is 5.73 Å². The third-order valence-electron chi connectivity index (χ3n) is 1.94. The van der Waals surface area contributed by atoms with Crippen LogP contribution in [0, 0.1) is 6.92 Å². The number of halogens is 2. The van der Waals surface area contributed by atoms with Crippen LogP contribution in [0.4, 0.5) is 5.82 Å². The Labute approximate surface area is 100 Å². The highest BCUT2D eigenvalue weighted by atomic mass is 79.9. The molecule has 0 amide bonds. The number of anilines is 1. The number of hydrogen-bond acceptors (Lipinski definition) is 3. The number of aromatic nitrogens is 3. The van der Waals surface area contributed by atoms with Crippen LogP contribution in [0.15, 0.2) is 22.9 Å². The molecule has 0 radical (unpaired) electrons. The Morgan fingerprint density at radius 1 is 1.53 bits per heavy atom. The number of nitrogens with two attached hydrogens (primary N) is 1. The summed E-state index contributed by atoms with van der Waals surface area (Å²) >= 11 is 9.32. The summed E-state index contributed by atoms with van der Waals surface area (Å²) in [6.45, 7) is 1.88. The molecule has 2 aromatic heterocycles. The fourth-order valence-electron chi connectivity index (χ4n) is 1.16. The van der Waals surface area contributed by atoms with Gasteiger partial charge in [0.05, 0.1) is 5.02 Å². The summed E-state index contributed by atoms with van der Waals surface area (Å²) in [4.78, 5) is 4.17. The highest BCUT2D eigenvalue weighted by Gasteiger charge is 2.08. The molecule has 4 nitrogen and oxygen atoms in total. The first kappa shape index (κ1) is 10.4. The predicted octanol–water partition coefficient (Wildman–Crippen LogP) is 2.57. The maximum absolute atomic E-state index is 6.03. The molecule has 0 aliphatic heterocycles. The van der Waals surface area contributed by atoms with Crippen molar-refractivity contribution < 1.29 is 0 Å². The monoisotopic (exact) mass is 286 g/mol. The lowest BCUT2D eigenvalue weighted by Crippen LogP contribution is -1.99. The molecule has 2 rings (SSSR count). The maximum Gasteiger partial charge on any atom is 0.172 e. The van der Waals surface area contributed by atoms with Gasteiger partial charge in [0.1, 0.15) is 5.82 Å². The molecule has 0 aromatic carbocycles. The summed E-state index contributed by atoms with van der Waals surface area (Å²) < 4.78 is 2.40. The Bertz CT molecular complexity index is 489. The third kappa shape index (κ3) is 1.98. The standard InChI is InChI=1S/C9H8BrClN4/c1-5-4-15(14-8(5)12)9-7(11)2-6(10)3-13-9/h2-4H,1H3,(H2,12,14). The van der Waals surface area contributed by atoms with Gasteiger partial charge in [0.2, 0.25) is 0 Å². The molecule has 2 heterocycles. The van der Waals surface area contributed by atoms with Gasteiger partial charge in [-0.2, -0.15) is 0 Å². The Morgan fingerprint density at radius 2 is 2.27 bits per heavy atom. The van der Waals surface area contributed by atoms with Gasteiger partial charge in [-0.05, 0) is 28.9 Å². The van der Waals surface area contributed by atoms with E-state index in [1.54, 1.807) is 23.1 Å². The fourth-order valence-corrected chi connectivity index (χ4v) is 1.87. The lowest BCUT2D eigenvalue weighted by molar-refractivity contribution is 0.850. The van der Waals surface area contributed by atoms with E-state index < -0.39 is 0 Å². The first-order valence-corrected chi connectivity index (χ1v) is 5.38. The van der Waals surface area contributed by atoms with Gasteiger partial charge in [0.15, 0.2) is 5.82 Å². The van der Waals surface area contributed by atoms with Crippen LogP contribution >= 0.6 is 27.5 Å². The predicted molar refractivity (Wildman–Crippen MR) is 63.2 cm³/mol. The van der Waals surface area contributed by atoms with E-state index in [4.69, 9.17) is 17.3 Å². The molecule has 78 valence electrons. The number of hydrogen-bond donors (Lipinski definition) is 1. The maximum atomic E-state index is 6.03. The van der Waals surface area contributed by atoms with Crippen LogP contribution < -0.4 is 5.73 Å². The normalized spacial score (nSPS) is 10.6. The summed E-state index contributed by atoms with van der Waals surface area (Å²) in [5.74, 6) is 1.05. The number of rotatable bonds is 1. The molecule has 2 aromatic rings. The number of nitrogens with zero attached hydrogens (tertiary/aromatic N) is 3. The van der Waals surface area contributed by atoms with Gasteiger partial charge in [0.25, 0.3) is 0 Å². The SMILES string of the molecule is Cc1cn(-c2ncc(Br)cc2Cl)nc1N. The molecule has 0 fully saturated rings. The second kappa shape index (κ2) is 3.83. The van der Waals surface area contributed by atoms with Gasteiger partial charge in [-0.1, -0.05) is 11.6 Å². The fraction of sp³-hybridized carbons (Fsp3) is 0.111. The molecule has 0 aliphatic carbocycles. The van der Waals surface area contributed by atoms with E-state index in [9.17, 15) is 0 Å². The lowest BCUT2D eigenvalue weighted by atomic mass is 10.4. The number of aryl methyl sites for hydroxylation is 1. The van der Waals surface area contributed by atoms with Gasteiger partial charge in [-0.3, -0.25) is 0 Å². The topological polar surface area (TPSA) is 56.7 Å². The average Bonchev–Trinajstić information content (AvgIpc) is 2.46. The molecule has 0 atom stereocenters. The van der Waals surface area contributed by atoms with Crippen molar-refractivity contribution >= 4 is 33.3 Å². The molecule has 0 saturated heterocycles. The van der Waals surface area contributed by atoms with Crippen LogP contribution in [0.25, 0.3) is 5.82 Å². The molecule has 0 saturated carbocycles. The van der Waals surface area contributed by atoms with Crippen LogP contribution in [0.5, 0.6) is 0 Å². The Balaban J connectivity index is 2.54. The summed E-state index contributed by atoms with van der Waals surface area (Å²) in [7, 11) is 0. The van der Waals surface area contributed by atoms with Crippen LogP contribution in [-0.2, 0) is 0 Å². The summed E-state index contributed by atoms with van der Waals surface area (Å²) in [5, 5.41) is 4.62. The van der Waals surface area contributed by atoms with E-state index in [-0.39, 0.29) is 0 Å². The Morgan fingerprint density at radius 3 is 2.80 bits per heavy atom. The second-order valence-corrected chi connectivity index (χ2v) is 4.42. The van der Waals surface area contributed by atoms with E-state index in [0.29, 0.717) is 16.7 Å². The summed E-state index contributed by atoms with van der Waals surface area (Å²) in [5.41, 5.74) is 6.54. The van der Waals surface area contributed by atoms with Crippen molar-refractivity contribution in [2.24, 2.45) is 0 Å². The first-order chi connectivity index (χ1) is 7.08. The van der Waals surface area contributed by atoms with Crippen LogP contribution in [-0.4, -0.2) is 14.8 Å². The van der Waals surface area contributed by atoms with Crippen molar-refractivity contribution in [1.29, 1.82) is 0 Å². The minimum absolute atomic E-state index is 0.482. The zero-order valence-corrected chi connectivity index (χ0v) is 10.2. The van der Waals surface area contributed by atoms with Crippen molar-refractivity contribution in [3.63, 3.8) is 0 Å². The van der Waals surface area contributed by atoms with E-state index in [2.05, 4.69) is 26.0 Å². The van der Waals surface area contributed by atoms with Gasteiger partial charge < -0.3 is 5.73 Å². The van der Waals surface area contributed by atoms with Crippen LogP contribution in [0.3, 0.4) is 0 Å². The molecule has 0 bridgehead atoms. The molecular weight excluding hydrogens is 279 g/mol. The van der Waals surface area contributed by atoms with Crippen molar-refractivity contribution in [2.45, 2.75) is 6.92 Å². The zero-order valence-electron chi connectivity index (χ0n) is 7.91. The molecule has 15 heavy (non-hydrogen) atoms. The second-order valence-electron chi connectivity index (χ2n) is 3.10. The Kier molecular flexibility index (Phi) is 2.67. The molecule has 0 spiro atoms. The minimum atomic E-state index is 0.482. The molecular formula is C9H8BrClN4. The van der Waals surface area contributed by atoms with Crippen molar-refractivity contribution in [1.82, 2.24) is 14.8 Å². The highest BCUT2D eigenvalue weighted by molar-refractivity contribution is 9.10. The number of nitrogen functional groups attached to an aromatic ring is 1.